The first kappa shape index (κ1) is 18.6. The van der Waals surface area contributed by atoms with Gasteiger partial charge in [-0.25, -0.2) is 0 Å². The smallest absolute Gasteiger partial charge is 0.250 e. The quantitative estimate of drug-likeness (QED) is 0.858. The normalized spacial score (nSPS) is 20.5. The van der Waals surface area contributed by atoms with Crippen molar-refractivity contribution < 1.29 is 4.79 Å². The molecular weight excluding hydrogens is 352 g/mol. The van der Waals surface area contributed by atoms with Crippen LogP contribution in [0.2, 0.25) is 5.02 Å². The fraction of sp³-hybridized carbons (Fsp3) is 0.421. The van der Waals surface area contributed by atoms with Gasteiger partial charge in [0.05, 0.1) is 10.7 Å². The molecule has 0 bridgehead atoms. The van der Waals surface area contributed by atoms with E-state index in [1.54, 1.807) is 25.3 Å². The van der Waals surface area contributed by atoms with E-state index in [0.717, 1.165) is 24.9 Å². The number of nitrogens with one attached hydrogen (secondary N) is 1. The molecule has 2 atom stereocenters. The van der Waals surface area contributed by atoms with Crippen molar-refractivity contribution in [1.82, 2.24) is 14.9 Å². The molecule has 0 aromatic carbocycles. The van der Waals surface area contributed by atoms with Crippen LogP contribution in [0.5, 0.6) is 0 Å². The van der Waals surface area contributed by atoms with Crippen molar-refractivity contribution in [3.05, 3.63) is 62.8 Å². The van der Waals surface area contributed by atoms with Gasteiger partial charge in [-0.15, -0.1) is 0 Å². The number of likely N-dealkylation sites (tertiary alicyclic amines) is 1. The average molecular weight is 375 g/mol. The lowest BCUT2D eigenvalue weighted by molar-refractivity contribution is -0.131. The summed E-state index contributed by atoms with van der Waals surface area (Å²) in [6.07, 6.45) is 5.22. The zero-order valence-corrected chi connectivity index (χ0v) is 15.7. The number of primary amides is 1. The van der Waals surface area contributed by atoms with Crippen LogP contribution in [0.25, 0.3) is 0 Å². The Bertz CT molecular complexity index is 865. The van der Waals surface area contributed by atoms with Gasteiger partial charge in [0.15, 0.2) is 0 Å². The molecule has 26 heavy (non-hydrogen) atoms. The lowest BCUT2D eigenvalue weighted by Crippen LogP contribution is -2.56. The highest BCUT2D eigenvalue weighted by Crippen LogP contribution is 2.35. The third-order valence-corrected chi connectivity index (χ3v) is 5.57. The molecule has 2 aromatic heterocycles. The maximum Gasteiger partial charge on any atom is 0.250 e. The molecule has 3 N–H and O–H groups in total. The topological polar surface area (TPSA) is 92.1 Å². The van der Waals surface area contributed by atoms with Crippen LogP contribution in [0, 0.1) is 6.92 Å². The molecule has 0 saturated carbocycles. The zero-order valence-electron chi connectivity index (χ0n) is 15.0. The van der Waals surface area contributed by atoms with Crippen molar-refractivity contribution in [2.75, 3.05) is 13.1 Å². The van der Waals surface area contributed by atoms with Gasteiger partial charge >= 0.3 is 0 Å². The molecule has 3 rings (SSSR count). The third kappa shape index (κ3) is 3.39. The molecule has 1 saturated heterocycles. The average Bonchev–Trinajstić information content (AvgIpc) is 2.64. The highest BCUT2D eigenvalue weighted by Gasteiger charge is 2.43. The van der Waals surface area contributed by atoms with E-state index in [1.165, 1.54) is 6.20 Å². The number of nitrogens with zero attached hydrogens (tertiary/aromatic N) is 2. The number of pyridine rings is 2. The third-order valence-electron chi connectivity index (χ3n) is 5.34. The van der Waals surface area contributed by atoms with Gasteiger partial charge < -0.3 is 10.7 Å². The van der Waals surface area contributed by atoms with Crippen LogP contribution >= 0.6 is 11.6 Å². The summed E-state index contributed by atoms with van der Waals surface area (Å²) in [6, 6.07) is 5.40. The van der Waals surface area contributed by atoms with E-state index in [1.807, 2.05) is 13.0 Å². The van der Waals surface area contributed by atoms with E-state index in [9.17, 15) is 9.59 Å². The van der Waals surface area contributed by atoms with Crippen LogP contribution in [0.4, 0.5) is 0 Å². The summed E-state index contributed by atoms with van der Waals surface area (Å²) in [5.41, 5.74) is 7.06. The highest BCUT2D eigenvalue weighted by atomic mass is 35.5. The van der Waals surface area contributed by atoms with Gasteiger partial charge in [0.1, 0.15) is 5.54 Å². The number of hydrogen-bond acceptors (Lipinski definition) is 4. The second-order valence-electron chi connectivity index (χ2n) is 7.03. The minimum Gasteiger partial charge on any atom is -0.368 e. The summed E-state index contributed by atoms with van der Waals surface area (Å²) >= 11 is 5.94. The van der Waals surface area contributed by atoms with Crippen molar-refractivity contribution in [1.29, 1.82) is 0 Å². The number of aryl methyl sites for hydroxylation is 1. The molecule has 138 valence electrons. The summed E-state index contributed by atoms with van der Waals surface area (Å²) in [4.78, 5) is 33.3. The van der Waals surface area contributed by atoms with Crippen molar-refractivity contribution in [3.63, 3.8) is 0 Å². The zero-order chi connectivity index (χ0) is 18.9. The SMILES string of the molecule is Cc1cc([C@@H]2CCCN(C(C)(C(N)=O)c3ccc(Cl)cn3)C2)c[nH]c1=O. The Morgan fingerprint density at radius 1 is 1.46 bits per heavy atom. The lowest BCUT2D eigenvalue weighted by Gasteiger charge is -2.43. The van der Waals surface area contributed by atoms with Crippen molar-refractivity contribution in [2.45, 2.75) is 38.1 Å². The van der Waals surface area contributed by atoms with E-state index in [0.29, 0.717) is 22.8 Å². The van der Waals surface area contributed by atoms with Crippen LogP contribution in [0.1, 0.15) is 42.5 Å². The second-order valence-corrected chi connectivity index (χ2v) is 7.46. The molecule has 2 aromatic rings. The number of amides is 1. The summed E-state index contributed by atoms with van der Waals surface area (Å²) < 4.78 is 0. The number of piperidine rings is 1. The number of aromatic amines is 1. The first-order chi connectivity index (χ1) is 12.3. The van der Waals surface area contributed by atoms with E-state index in [-0.39, 0.29) is 11.5 Å². The summed E-state index contributed by atoms with van der Waals surface area (Å²) in [6.45, 7) is 5.03. The molecule has 1 unspecified atom stereocenters. The van der Waals surface area contributed by atoms with Crippen LogP contribution in [-0.4, -0.2) is 33.9 Å². The van der Waals surface area contributed by atoms with Gasteiger partial charge in [-0.05, 0) is 62.9 Å². The fourth-order valence-electron chi connectivity index (χ4n) is 3.62. The Labute approximate surface area is 157 Å². The summed E-state index contributed by atoms with van der Waals surface area (Å²) in [5.74, 6) is -0.226. The minimum absolute atomic E-state index is 0.0752. The van der Waals surface area contributed by atoms with E-state index < -0.39 is 11.4 Å². The van der Waals surface area contributed by atoms with Gasteiger partial charge in [0.25, 0.3) is 5.56 Å². The lowest BCUT2D eigenvalue weighted by atomic mass is 9.85. The molecule has 1 aliphatic rings. The first-order valence-corrected chi connectivity index (χ1v) is 9.06. The second kappa shape index (κ2) is 7.21. The number of nitrogens with two attached hydrogens (primary N) is 1. The Kier molecular flexibility index (Phi) is 5.16. The summed E-state index contributed by atoms with van der Waals surface area (Å²) in [7, 11) is 0. The van der Waals surface area contributed by atoms with Crippen LogP contribution in [-0.2, 0) is 10.3 Å². The molecule has 0 spiro atoms. The predicted octanol–water partition coefficient (Wildman–Crippen LogP) is 2.31. The Morgan fingerprint density at radius 3 is 2.85 bits per heavy atom. The van der Waals surface area contributed by atoms with E-state index in [4.69, 9.17) is 17.3 Å². The van der Waals surface area contributed by atoms with Crippen LogP contribution in [0.15, 0.2) is 35.4 Å². The molecule has 6 nitrogen and oxygen atoms in total. The predicted molar refractivity (Wildman–Crippen MR) is 101 cm³/mol. The standard InChI is InChI=1S/C19H23ClN4O2/c1-12-8-14(9-23-17(12)25)13-4-3-7-24(11-13)19(2,18(21)26)16-6-5-15(20)10-22-16/h5-6,8-10,13H,3-4,7,11H2,1-2H3,(H2,21,26)(H,23,25)/t13-,19?/m1/s1. The molecule has 0 radical (unpaired) electrons. The van der Waals surface area contributed by atoms with Crippen LogP contribution in [0.3, 0.4) is 0 Å². The first-order valence-electron chi connectivity index (χ1n) is 8.68. The summed E-state index contributed by atoms with van der Waals surface area (Å²) in [5, 5.41) is 0.515. The molecule has 7 heteroatoms. The molecular formula is C19H23ClN4O2. The Hall–Kier alpha value is -2.18. The number of halogens is 1. The maximum atomic E-state index is 12.4. The van der Waals surface area contributed by atoms with Crippen molar-refractivity contribution in [3.8, 4) is 0 Å². The fourth-order valence-corrected chi connectivity index (χ4v) is 3.73. The van der Waals surface area contributed by atoms with Crippen molar-refractivity contribution >= 4 is 17.5 Å². The van der Waals surface area contributed by atoms with Gasteiger partial charge in [0.2, 0.25) is 5.91 Å². The minimum atomic E-state index is -1.01. The van der Waals surface area contributed by atoms with Crippen molar-refractivity contribution in [2.24, 2.45) is 5.73 Å². The number of rotatable bonds is 4. The monoisotopic (exact) mass is 374 g/mol. The number of carbonyl (C=O) groups is 1. The molecule has 3 heterocycles. The molecule has 1 aliphatic heterocycles. The Balaban J connectivity index is 1.92. The maximum absolute atomic E-state index is 12.4. The molecule has 0 aliphatic carbocycles. The van der Waals surface area contributed by atoms with Gasteiger partial charge in [-0.1, -0.05) is 11.6 Å². The Morgan fingerprint density at radius 2 is 2.23 bits per heavy atom. The van der Waals surface area contributed by atoms with E-state index >= 15 is 0 Å². The van der Waals surface area contributed by atoms with E-state index in [2.05, 4.69) is 14.9 Å². The molecule has 1 amide bonds. The number of hydrogen-bond donors (Lipinski definition) is 2. The highest BCUT2D eigenvalue weighted by molar-refractivity contribution is 6.30. The number of aromatic nitrogens is 2. The number of carbonyl (C=O) groups excluding carboxylic acids is 1. The van der Waals surface area contributed by atoms with Gasteiger partial charge in [-0.2, -0.15) is 0 Å². The largest absolute Gasteiger partial charge is 0.368 e. The van der Waals surface area contributed by atoms with Crippen LogP contribution < -0.4 is 11.3 Å². The van der Waals surface area contributed by atoms with Gasteiger partial charge in [-0.3, -0.25) is 19.5 Å². The number of H-pyrrole nitrogens is 1. The molecule has 1 fully saturated rings. The van der Waals surface area contributed by atoms with Gasteiger partial charge in [0, 0.05) is 24.5 Å².